The Balaban J connectivity index is 1.72. The van der Waals surface area contributed by atoms with Gasteiger partial charge >= 0.3 is 5.97 Å². The van der Waals surface area contributed by atoms with Gasteiger partial charge in [-0.1, -0.05) is 5.92 Å². The van der Waals surface area contributed by atoms with Crippen molar-refractivity contribution in [1.82, 2.24) is 20.6 Å². The number of pyridine rings is 2. The van der Waals surface area contributed by atoms with Crippen molar-refractivity contribution >= 4 is 17.8 Å². The summed E-state index contributed by atoms with van der Waals surface area (Å²) < 4.78 is 16.0. The Hall–Kier alpha value is -3.81. The lowest BCUT2D eigenvalue weighted by Gasteiger charge is -2.19. The number of rotatable bonds is 13. The number of ether oxygens (including phenoxy) is 3. The molecule has 0 bridgehead atoms. The molecule has 2 N–H and O–H groups in total. The quantitative estimate of drug-likeness (QED) is 0.245. The van der Waals surface area contributed by atoms with Crippen LogP contribution in [-0.2, 0) is 19.0 Å². The molecule has 0 aliphatic carbocycles. The van der Waals surface area contributed by atoms with Crippen molar-refractivity contribution < 1.29 is 28.6 Å². The zero-order valence-electron chi connectivity index (χ0n) is 20.8. The van der Waals surface area contributed by atoms with Gasteiger partial charge in [0.15, 0.2) is 0 Å². The minimum Gasteiger partial charge on any atom is -0.460 e. The molecule has 0 spiro atoms. The monoisotopic (exact) mass is 496 g/mol. The van der Waals surface area contributed by atoms with Gasteiger partial charge in [0.25, 0.3) is 11.8 Å². The number of nitrogens with zero attached hydrogens (tertiary/aromatic N) is 2. The Labute approximate surface area is 211 Å². The van der Waals surface area contributed by atoms with Crippen LogP contribution in [0.2, 0.25) is 0 Å². The molecule has 0 aliphatic rings. The maximum absolute atomic E-state index is 12.5. The fraction of sp³-hybridized carbons (Fsp3) is 0.423. The van der Waals surface area contributed by atoms with Gasteiger partial charge in [-0.3, -0.25) is 24.4 Å². The van der Waals surface area contributed by atoms with Gasteiger partial charge in [0.2, 0.25) is 0 Å². The summed E-state index contributed by atoms with van der Waals surface area (Å²) in [5, 5.41) is 5.36. The van der Waals surface area contributed by atoms with E-state index in [2.05, 4.69) is 26.5 Å². The van der Waals surface area contributed by atoms with Crippen LogP contribution in [0.25, 0.3) is 11.4 Å². The zero-order valence-corrected chi connectivity index (χ0v) is 20.8. The number of carbonyl (C=O) groups is 3. The number of terminal acetylenes is 1. The first-order valence-corrected chi connectivity index (χ1v) is 11.5. The molecule has 0 radical (unpaired) electrons. The van der Waals surface area contributed by atoms with Gasteiger partial charge in [0.05, 0.1) is 50.8 Å². The number of amides is 2. The van der Waals surface area contributed by atoms with Crippen LogP contribution in [0.4, 0.5) is 0 Å². The average molecular weight is 497 g/mol. The van der Waals surface area contributed by atoms with Crippen molar-refractivity contribution in [3.8, 4) is 23.7 Å². The Bertz CT molecular complexity index is 1070. The van der Waals surface area contributed by atoms with E-state index in [4.69, 9.17) is 20.6 Å². The first kappa shape index (κ1) is 28.4. The summed E-state index contributed by atoms with van der Waals surface area (Å²) in [5.41, 5.74) is 1.18. The van der Waals surface area contributed by atoms with Crippen LogP contribution in [0.15, 0.2) is 36.7 Å². The van der Waals surface area contributed by atoms with Crippen molar-refractivity contribution in [3.05, 3.63) is 47.8 Å². The van der Waals surface area contributed by atoms with Crippen LogP contribution in [-0.4, -0.2) is 72.9 Å². The van der Waals surface area contributed by atoms with Crippen molar-refractivity contribution in [2.24, 2.45) is 0 Å². The molecule has 0 saturated heterocycles. The summed E-state index contributed by atoms with van der Waals surface area (Å²) in [5.74, 6) is 1.43. The standard InChI is InChI=1S/C26H32N4O6/c1-5-9-29-24(32)19-6-10-27-21(17-19)22-18-20(7-11-28-22)25(33)30-12-14-35-16-15-34-13-8-23(31)36-26(2,3)4/h1,6-7,10-11,17-18H,8-9,12-16H2,2-4H3,(H,29,32)(H,30,33). The lowest BCUT2D eigenvalue weighted by Crippen LogP contribution is -2.27. The third-order valence-electron chi connectivity index (χ3n) is 4.43. The molecule has 0 saturated carbocycles. The molecule has 0 fully saturated rings. The molecule has 2 aromatic rings. The van der Waals surface area contributed by atoms with Crippen LogP contribution in [0, 0.1) is 12.3 Å². The van der Waals surface area contributed by atoms with Gasteiger partial charge in [0.1, 0.15) is 5.60 Å². The number of esters is 1. The fourth-order valence-corrected chi connectivity index (χ4v) is 2.87. The van der Waals surface area contributed by atoms with Crippen LogP contribution in [0.1, 0.15) is 47.9 Å². The lowest BCUT2D eigenvalue weighted by molar-refractivity contribution is -0.156. The molecule has 192 valence electrons. The Morgan fingerprint density at radius 2 is 1.44 bits per heavy atom. The summed E-state index contributed by atoms with van der Waals surface area (Å²) in [4.78, 5) is 44.7. The first-order chi connectivity index (χ1) is 17.2. The van der Waals surface area contributed by atoms with Gasteiger partial charge in [-0.05, 0) is 45.0 Å². The van der Waals surface area contributed by atoms with E-state index in [9.17, 15) is 14.4 Å². The number of carbonyl (C=O) groups excluding carboxylic acids is 3. The Kier molecular flexibility index (Phi) is 11.5. The van der Waals surface area contributed by atoms with Crippen LogP contribution < -0.4 is 10.6 Å². The first-order valence-electron chi connectivity index (χ1n) is 11.5. The molecule has 2 rings (SSSR count). The third-order valence-corrected chi connectivity index (χ3v) is 4.43. The van der Waals surface area contributed by atoms with E-state index in [1.54, 1.807) is 24.3 Å². The predicted octanol–water partition coefficient (Wildman–Crippen LogP) is 2.00. The average Bonchev–Trinajstić information content (AvgIpc) is 2.85. The van der Waals surface area contributed by atoms with Crippen LogP contribution in [0.3, 0.4) is 0 Å². The van der Waals surface area contributed by atoms with Crippen molar-refractivity contribution in [2.45, 2.75) is 32.8 Å². The largest absolute Gasteiger partial charge is 0.460 e. The Morgan fingerprint density at radius 3 is 2.00 bits per heavy atom. The summed E-state index contributed by atoms with van der Waals surface area (Å²) in [7, 11) is 0. The molecule has 2 heterocycles. The number of nitrogens with one attached hydrogen (secondary N) is 2. The van der Waals surface area contributed by atoms with Crippen LogP contribution >= 0.6 is 0 Å². The fourth-order valence-electron chi connectivity index (χ4n) is 2.87. The molecule has 0 unspecified atom stereocenters. The zero-order chi connectivity index (χ0) is 26.4. The van der Waals surface area contributed by atoms with Gasteiger partial charge < -0.3 is 24.8 Å². The van der Waals surface area contributed by atoms with E-state index in [1.807, 2.05) is 20.8 Å². The van der Waals surface area contributed by atoms with Crippen molar-refractivity contribution in [1.29, 1.82) is 0 Å². The second-order valence-electron chi connectivity index (χ2n) is 8.56. The molecule has 0 atom stereocenters. The molecule has 36 heavy (non-hydrogen) atoms. The molecule has 0 aliphatic heterocycles. The van der Waals surface area contributed by atoms with Gasteiger partial charge in [-0.2, -0.15) is 0 Å². The number of hydrogen-bond donors (Lipinski definition) is 2. The SMILES string of the molecule is C#CCNC(=O)c1ccnc(-c2cc(C(=O)NCCOCCOCCC(=O)OC(C)(C)C)ccn2)c1. The highest BCUT2D eigenvalue weighted by Gasteiger charge is 2.15. The molecule has 10 nitrogen and oxygen atoms in total. The maximum atomic E-state index is 12.5. The normalized spacial score (nSPS) is 10.8. The smallest absolute Gasteiger partial charge is 0.308 e. The third kappa shape index (κ3) is 10.6. The molecule has 2 amide bonds. The number of hydrogen-bond acceptors (Lipinski definition) is 8. The Morgan fingerprint density at radius 1 is 0.889 bits per heavy atom. The highest BCUT2D eigenvalue weighted by atomic mass is 16.6. The molecule has 2 aromatic heterocycles. The van der Waals surface area contributed by atoms with E-state index in [0.717, 1.165) is 0 Å². The minimum absolute atomic E-state index is 0.120. The summed E-state index contributed by atoms with van der Waals surface area (Å²) in [6.45, 7) is 7.08. The summed E-state index contributed by atoms with van der Waals surface area (Å²) >= 11 is 0. The maximum Gasteiger partial charge on any atom is 0.308 e. The second kappa shape index (κ2) is 14.6. The molecular formula is C26H32N4O6. The predicted molar refractivity (Wildman–Crippen MR) is 133 cm³/mol. The molecule has 10 heteroatoms. The molecule has 0 aromatic carbocycles. The molecular weight excluding hydrogens is 464 g/mol. The van der Waals surface area contributed by atoms with Gasteiger partial charge in [-0.15, -0.1) is 6.42 Å². The highest BCUT2D eigenvalue weighted by molar-refractivity contribution is 5.96. The summed E-state index contributed by atoms with van der Waals surface area (Å²) in [6, 6.07) is 6.33. The lowest BCUT2D eigenvalue weighted by atomic mass is 10.1. The van der Waals surface area contributed by atoms with E-state index in [0.29, 0.717) is 48.9 Å². The minimum atomic E-state index is -0.509. The summed E-state index contributed by atoms with van der Waals surface area (Å²) in [6.07, 6.45) is 8.34. The van der Waals surface area contributed by atoms with E-state index >= 15 is 0 Å². The van der Waals surface area contributed by atoms with E-state index < -0.39 is 5.60 Å². The van der Waals surface area contributed by atoms with Gasteiger partial charge in [0, 0.05) is 30.1 Å². The van der Waals surface area contributed by atoms with Gasteiger partial charge in [-0.25, -0.2) is 0 Å². The highest BCUT2D eigenvalue weighted by Crippen LogP contribution is 2.17. The van der Waals surface area contributed by atoms with Crippen molar-refractivity contribution in [2.75, 3.05) is 39.5 Å². The van der Waals surface area contributed by atoms with Crippen LogP contribution in [0.5, 0.6) is 0 Å². The van der Waals surface area contributed by atoms with E-state index in [-0.39, 0.29) is 37.4 Å². The number of aromatic nitrogens is 2. The second-order valence-corrected chi connectivity index (χ2v) is 8.56. The topological polar surface area (TPSA) is 129 Å². The van der Waals surface area contributed by atoms with E-state index in [1.165, 1.54) is 12.4 Å². The van der Waals surface area contributed by atoms with Crippen molar-refractivity contribution in [3.63, 3.8) is 0 Å².